The molecule has 0 aliphatic carbocycles. The molecule has 2 aromatic carbocycles. The Kier molecular flexibility index (Phi) is 9.77. The SMILES string of the molecule is CC1(C)OB(c2cc3ccc(Cl)cc3o2)OC1(C)C.Clc1ccc2cc(-c3nccc(Cl)n3)oc2c1.Clc1ccnc(Cl)n1. The highest BCUT2D eigenvalue weighted by atomic mass is 35.5. The molecule has 1 aliphatic rings. The fourth-order valence-electron chi connectivity index (χ4n) is 3.99. The van der Waals surface area contributed by atoms with E-state index >= 15 is 0 Å². The van der Waals surface area contributed by atoms with Crippen molar-refractivity contribution in [2.75, 3.05) is 0 Å². The molecule has 0 radical (unpaired) electrons. The summed E-state index contributed by atoms with van der Waals surface area (Å²) in [6, 6.07) is 18.0. The minimum Gasteiger partial charge on any atom is -0.465 e. The summed E-state index contributed by atoms with van der Waals surface area (Å²) in [6.45, 7) is 8.08. The van der Waals surface area contributed by atoms with Gasteiger partial charge in [0.15, 0.2) is 11.6 Å². The number of nitrogens with zero attached hydrogens (tertiary/aromatic N) is 4. The van der Waals surface area contributed by atoms with Gasteiger partial charge in [0, 0.05) is 39.3 Å². The second-order valence-corrected chi connectivity index (χ2v) is 12.5. The third-order valence-electron chi connectivity index (χ3n) is 6.90. The third kappa shape index (κ3) is 7.66. The molecular formula is C30H24BCl5N4O4. The van der Waals surface area contributed by atoms with Crippen molar-refractivity contribution in [3.05, 3.63) is 98.7 Å². The maximum Gasteiger partial charge on any atom is 0.532 e. The van der Waals surface area contributed by atoms with Crippen LogP contribution in [0, 0.1) is 0 Å². The lowest BCUT2D eigenvalue weighted by Gasteiger charge is -2.32. The topological polar surface area (TPSA) is 96.3 Å². The smallest absolute Gasteiger partial charge is 0.465 e. The van der Waals surface area contributed by atoms with Crippen LogP contribution in [0.5, 0.6) is 0 Å². The first-order valence-electron chi connectivity index (χ1n) is 13.2. The van der Waals surface area contributed by atoms with E-state index in [0.717, 1.165) is 16.4 Å². The van der Waals surface area contributed by atoms with Crippen molar-refractivity contribution < 1.29 is 18.1 Å². The summed E-state index contributed by atoms with van der Waals surface area (Å²) in [5.41, 5.74) is 1.40. The number of halogens is 5. The van der Waals surface area contributed by atoms with Crippen LogP contribution in [0.2, 0.25) is 25.6 Å². The molecule has 14 heteroatoms. The molecule has 1 aliphatic heterocycles. The Morgan fingerprint density at radius 2 is 1.16 bits per heavy atom. The highest BCUT2D eigenvalue weighted by molar-refractivity contribution is 6.61. The number of furan rings is 2. The van der Waals surface area contributed by atoms with E-state index in [9.17, 15) is 0 Å². The van der Waals surface area contributed by atoms with E-state index in [4.69, 9.17) is 76.1 Å². The Bertz CT molecular complexity index is 1900. The Morgan fingerprint density at radius 1 is 0.614 bits per heavy atom. The predicted molar refractivity (Wildman–Crippen MR) is 176 cm³/mol. The molecule has 4 aromatic heterocycles. The summed E-state index contributed by atoms with van der Waals surface area (Å²) in [5.74, 6) is 1.04. The molecule has 1 fully saturated rings. The van der Waals surface area contributed by atoms with E-state index in [1.54, 1.807) is 30.5 Å². The van der Waals surface area contributed by atoms with Crippen LogP contribution in [0.15, 0.2) is 81.9 Å². The Balaban J connectivity index is 0.000000141. The predicted octanol–water partition coefficient (Wildman–Crippen LogP) is 9.37. The second-order valence-electron chi connectivity index (χ2n) is 10.6. The molecule has 0 amide bonds. The minimum absolute atomic E-state index is 0.178. The van der Waals surface area contributed by atoms with Crippen LogP contribution in [0.3, 0.4) is 0 Å². The van der Waals surface area contributed by atoms with Gasteiger partial charge < -0.3 is 18.1 Å². The fourth-order valence-corrected chi connectivity index (χ4v) is 4.77. The van der Waals surface area contributed by atoms with E-state index < -0.39 is 7.12 Å². The second kappa shape index (κ2) is 13.2. The van der Waals surface area contributed by atoms with Crippen LogP contribution in [-0.2, 0) is 9.31 Å². The average Bonchev–Trinajstić information content (AvgIpc) is 3.62. The Labute approximate surface area is 278 Å². The van der Waals surface area contributed by atoms with Gasteiger partial charge in [-0.15, -0.1) is 0 Å². The Morgan fingerprint density at radius 3 is 1.70 bits per heavy atom. The molecule has 0 unspecified atom stereocenters. The van der Waals surface area contributed by atoms with Gasteiger partial charge in [0.25, 0.3) is 0 Å². The first-order valence-corrected chi connectivity index (χ1v) is 15.1. The number of benzene rings is 2. The first-order chi connectivity index (χ1) is 20.8. The van der Waals surface area contributed by atoms with E-state index in [2.05, 4.69) is 19.9 Å². The van der Waals surface area contributed by atoms with E-state index in [1.165, 1.54) is 6.20 Å². The summed E-state index contributed by atoms with van der Waals surface area (Å²) in [5, 5.41) is 4.16. The number of hydrogen-bond acceptors (Lipinski definition) is 8. The molecule has 5 heterocycles. The molecule has 0 N–H and O–H groups in total. The zero-order valence-corrected chi connectivity index (χ0v) is 27.6. The first kappa shape index (κ1) is 32.5. The summed E-state index contributed by atoms with van der Waals surface area (Å²) in [6.07, 6.45) is 3.09. The number of aromatic nitrogens is 4. The van der Waals surface area contributed by atoms with E-state index in [0.29, 0.717) is 43.2 Å². The molecule has 7 rings (SSSR count). The lowest BCUT2D eigenvalue weighted by Crippen LogP contribution is -2.41. The molecule has 44 heavy (non-hydrogen) atoms. The van der Waals surface area contributed by atoms with Gasteiger partial charge in [-0.25, -0.2) is 19.9 Å². The van der Waals surface area contributed by atoms with Gasteiger partial charge >= 0.3 is 7.12 Å². The van der Waals surface area contributed by atoms with Gasteiger partial charge in [-0.3, -0.25) is 0 Å². The zero-order chi connectivity index (χ0) is 31.6. The van der Waals surface area contributed by atoms with Crippen molar-refractivity contribution in [2.24, 2.45) is 0 Å². The molecular weight excluding hydrogens is 668 g/mol. The van der Waals surface area contributed by atoms with Crippen molar-refractivity contribution >= 4 is 92.7 Å². The van der Waals surface area contributed by atoms with Crippen LogP contribution in [0.1, 0.15) is 27.7 Å². The van der Waals surface area contributed by atoms with Crippen molar-refractivity contribution in [3.63, 3.8) is 0 Å². The monoisotopic (exact) mass is 690 g/mol. The van der Waals surface area contributed by atoms with Crippen LogP contribution in [0.25, 0.3) is 33.5 Å². The number of hydrogen-bond donors (Lipinski definition) is 0. The van der Waals surface area contributed by atoms with Crippen LogP contribution >= 0.6 is 58.0 Å². The van der Waals surface area contributed by atoms with Crippen LogP contribution < -0.4 is 5.66 Å². The maximum atomic E-state index is 5.96. The summed E-state index contributed by atoms with van der Waals surface area (Å²) < 4.78 is 23.3. The third-order valence-corrected chi connectivity index (χ3v) is 7.98. The molecule has 1 saturated heterocycles. The van der Waals surface area contributed by atoms with Crippen molar-refractivity contribution in [2.45, 2.75) is 38.9 Å². The standard InChI is InChI=1S/C14H16BClO3.C12H6Cl2N2O.C4H2Cl2N2/c1-13(2)14(3,4)19-15(18-13)12-7-9-5-6-10(16)8-11(9)17-12;13-8-2-1-7-5-10(17-9(7)6-8)12-15-4-3-11(14)16-12;5-3-1-2-7-4(6)8-3/h5-8H,1-4H3;1-6H;1-2H. The summed E-state index contributed by atoms with van der Waals surface area (Å²) >= 11 is 28.4. The maximum absolute atomic E-state index is 5.96. The molecule has 0 atom stereocenters. The van der Waals surface area contributed by atoms with Gasteiger partial charge in [-0.05, 0) is 93.9 Å². The number of fused-ring (bicyclic) bond motifs is 2. The quantitative estimate of drug-likeness (QED) is 0.101. The molecule has 0 spiro atoms. The van der Waals surface area contributed by atoms with Crippen LogP contribution in [-0.4, -0.2) is 38.3 Å². The lowest BCUT2D eigenvalue weighted by molar-refractivity contribution is 0.00578. The van der Waals surface area contributed by atoms with Crippen molar-refractivity contribution in [1.29, 1.82) is 0 Å². The molecule has 0 saturated carbocycles. The van der Waals surface area contributed by atoms with Crippen LogP contribution in [0.4, 0.5) is 0 Å². The van der Waals surface area contributed by atoms with Crippen molar-refractivity contribution in [1.82, 2.24) is 19.9 Å². The van der Waals surface area contributed by atoms with Gasteiger partial charge in [0.05, 0.1) is 11.2 Å². The lowest BCUT2D eigenvalue weighted by atomic mass is 9.86. The van der Waals surface area contributed by atoms with E-state index in [1.807, 2.05) is 64.1 Å². The normalized spacial score (nSPS) is 15.1. The number of rotatable bonds is 2. The largest absolute Gasteiger partial charge is 0.532 e. The van der Waals surface area contributed by atoms with Gasteiger partial charge in [0.1, 0.15) is 27.1 Å². The zero-order valence-electron chi connectivity index (χ0n) is 23.8. The molecule has 0 bridgehead atoms. The fraction of sp³-hybridized carbons (Fsp3) is 0.200. The minimum atomic E-state index is -0.476. The summed E-state index contributed by atoms with van der Waals surface area (Å²) in [7, 11) is -0.476. The molecule has 226 valence electrons. The van der Waals surface area contributed by atoms with Gasteiger partial charge in [0.2, 0.25) is 5.28 Å². The van der Waals surface area contributed by atoms with Gasteiger partial charge in [-0.2, -0.15) is 0 Å². The molecule has 6 aromatic rings. The van der Waals surface area contributed by atoms with E-state index in [-0.39, 0.29) is 16.5 Å². The highest BCUT2D eigenvalue weighted by Crippen LogP contribution is 2.37. The van der Waals surface area contributed by atoms with Crippen molar-refractivity contribution in [3.8, 4) is 11.6 Å². The summed E-state index contributed by atoms with van der Waals surface area (Å²) in [4.78, 5) is 15.4. The average molecular weight is 693 g/mol. The highest BCUT2D eigenvalue weighted by Gasteiger charge is 2.53. The van der Waals surface area contributed by atoms with Gasteiger partial charge in [-0.1, -0.05) is 46.4 Å². The Hall–Kier alpha value is -2.89. The molecule has 8 nitrogen and oxygen atoms in total.